The fraction of sp³-hybridized carbons (Fsp3) is 0. The molecule has 294 valence electrons. The predicted octanol–water partition coefficient (Wildman–Crippen LogP) is 17.6. The summed E-state index contributed by atoms with van der Waals surface area (Å²) in [6, 6.07) is 91.1. The number of anilines is 3. The van der Waals surface area contributed by atoms with Crippen molar-refractivity contribution in [2.24, 2.45) is 0 Å². The quantitative estimate of drug-likeness (QED) is 0.145. The lowest BCUT2D eigenvalue weighted by atomic mass is 9.85. The third-order valence-corrected chi connectivity index (χ3v) is 12.8. The summed E-state index contributed by atoms with van der Waals surface area (Å²) in [5, 5.41) is 12.5. The third-order valence-electron chi connectivity index (χ3n) is 12.8. The van der Waals surface area contributed by atoms with Crippen molar-refractivity contribution < 1.29 is 0 Å². The van der Waals surface area contributed by atoms with Gasteiger partial charge in [-0.3, -0.25) is 0 Å². The molecule has 0 heterocycles. The second kappa shape index (κ2) is 15.3. The molecule has 0 spiro atoms. The molecule has 0 unspecified atom stereocenters. The van der Waals surface area contributed by atoms with Crippen LogP contribution < -0.4 is 4.90 Å². The molecular formula is C62H41N. The summed E-state index contributed by atoms with van der Waals surface area (Å²) >= 11 is 0. The topological polar surface area (TPSA) is 3.24 Å². The number of rotatable bonds is 7. The average molecular weight is 800 g/mol. The zero-order valence-electron chi connectivity index (χ0n) is 34.6. The molecule has 0 aliphatic carbocycles. The first-order valence-electron chi connectivity index (χ1n) is 21.7. The van der Waals surface area contributed by atoms with Gasteiger partial charge in [-0.05, 0) is 141 Å². The highest BCUT2D eigenvalue weighted by Gasteiger charge is 2.21. The van der Waals surface area contributed by atoms with Crippen LogP contribution in [0.1, 0.15) is 0 Å². The normalized spacial score (nSPS) is 11.5. The van der Waals surface area contributed by atoms with Crippen molar-refractivity contribution in [1.29, 1.82) is 0 Å². The van der Waals surface area contributed by atoms with E-state index in [1.165, 1.54) is 98.4 Å². The van der Waals surface area contributed by atoms with Gasteiger partial charge in [-0.25, -0.2) is 0 Å². The smallest absolute Gasteiger partial charge is 0.0468 e. The molecule has 0 fully saturated rings. The summed E-state index contributed by atoms with van der Waals surface area (Å²) in [4.78, 5) is 2.41. The summed E-state index contributed by atoms with van der Waals surface area (Å²) < 4.78 is 0. The molecule has 0 aliphatic heterocycles. The molecule has 12 rings (SSSR count). The Morgan fingerprint density at radius 3 is 1.37 bits per heavy atom. The van der Waals surface area contributed by atoms with Gasteiger partial charge in [0.1, 0.15) is 0 Å². The van der Waals surface area contributed by atoms with E-state index in [1.54, 1.807) is 0 Å². The SMILES string of the molecule is c1ccc(-c2c(-c3ccccc3)c3cc(N(c4ccc(-c5ccc6c(ccc7ccccc76)c5)cc4)c4ccc(-c5cccc6ccccc56)cc4)ccc3c3ccccc23)cc1. The number of fused-ring (bicyclic) bond motifs is 7. The molecule has 1 heteroatoms. The standard InChI is InChI=1S/C62H41N/c1-3-16-46(17-4-1)61-59-24-12-11-23-57(59)58-39-37-52(41-60(58)62(61)47-18-5-2-6-19-47)63(51-35-30-45(31-36-51)55-25-13-20-43-14-7-9-21-53(43)55)50-33-28-42(29-34-50)48-32-38-56-49(40-48)27-26-44-15-8-10-22-54(44)56/h1-41H. The van der Waals surface area contributed by atoms with Crippen LogP contribution in [0, 0.1) is 0 Å². The lowest BCUT2D eigenvalue weighted by molar-refractivity contribution is 1.29. The van der Waals surface area contributed by atoms with Gasteiger partial charge in [0.25, 0.3) is 0 Å². The third kappa shape index (κ3) is 6.42. The molecule has 0 saturated carbocycles. The van der Waals surface area contributed by atoms with Crippen LogP contribution >= 0.6 is 0 Å². The van der Waals surface area contributed by atoms with Gasteiger partial charge in [0.15, 0.2) is 0 Å². The second-order valence-corrected chi connectivity index (χ2v) is 16.4. The fourth-order valence-corrected chi connectivity index (χ4v) is 9.84. The minimum atomic E-state index is 1.09. The van der Waals surface area contributed by atoms with Crippen LogP contribution in [0.3, 0.4) is 0 Å². The molecule has 0 saturated heterocycles. The van der Waals surface area contributed by atoms with Gasteiger partial charge in [-0.15, -0.1) is 0 Å². The van der Waals surface area contributed by atoms with E-state index in [2.05, 4.69) is 254 Å². The molecule has 0 bridgehead atoms. The van der Waals surface area contributed by atoms with Gasteiger partial charge in [0, 0.05) is 17.1 Å². The highest BCUT2D eigenvalue weighted by atomic mass is 15.1. The fourth-order valence-electron chi connectivity index (χ4n) is 9.84. The van der Waals surface area contributed by atoms with E-state index in [-0.39, 0.29) is 0 Å². The highest BCUT2D eigenvalue weighted by Crippen LogP contribution is 2.47. The van der Waals surface area contributed by atoms with Crippen LogP contribution in [0.4, 0.5) is 17.1 Å². The lowest BCUT2D eigenvalue weighted by Gasteiger charge is -2.27. The zero-order valence-corrected chi connectivity index (χ0v) is 34.6. The van der Waals surface area contributed by atoms with E-state index in [9.17, 15) is 0 Å². The first-order valence-corrected chi connectivity index (χ1v) is 21.7. The van der Waals surface area contributed by atoms with Crippen LogP contribution in [0.2, 0.25) is 0 Å². The van der Waals surface area contributed by atoms with Crippen LogP contribution in [0.25, 0.3) is 98.4 Å². The molecule has 0 amide bonds. The first kappa shape index (κ1) is 36.6. The summed E-state index contributed by atoms with van der Waals surface area (Å²) in [6.07, 6.45) is 0. The van der Waals surface area contributed by atoms with Gasteiger partial charge in [0.05, 0.1) is 0 Å². The zero-order chi connectivity index (χ0) is 41.7. The Morgan fingerprint density at radius 1 is 0.206 bits per heavy atom. The maximum Gasteiger partial charge on any atom is 0.0468 e. The van der Waals surface area contributed by atoms with E-state index in [1.807, 2.05) is 0 Å². The molecule has 12 aromatic rings. The van der Waals surface area contributed by atoms with E-state index in [4.69, 9.17) is 0 Å². The molecule has 12 aromatic carbocycles. The van der Waals surface area contributed by atoms with Crippen molar-refractivity contribution >= 4 is 70.9 Å². The monoisotopic (exact) mass is 799 g/mol. The lowest BCUT2D eigenvalue weighted by Crippen LogP contribution is -2.10. The summed E-state index contributed by atoms with van der Waals surface area (Å²) in [5.41, 5.74) is 13.0. The van der Waals surface area contributed by atoms with E-state index in [0.29, 0.717) is 0 Å². The van der Waals surface area contributed by atoms with Crippen LogP contribution in [-0.4, -0.2) is 0 Å². The van der Waals surface area contributed by atoms with E-state index >= 15 is 0 Å². The number of hydrogen-bond donors (Lipinski definition) is 0. The summed E-state index contributed by atoms with van der Waals surface area (Å²) in [5.74, 6) is 0. The largest absolute Gasteiger partial charge is 0.310 e. The Labute approximate surface area is 367 Å². The number of benzene rings is 12. The van der Waals surface area contributed by atoms with Crippen LogP contribution in [0.5, 0.6) is 0 Å². The van der Waals surface area contributed by atoms with Gasteiger partial charge in [-0.1, -0.05) is 206 Å². The Kier molecular flexibility index (Phi) is 8.90. The molecule has 0 atom stereocenters. The average Bonchev–Trinajstić information content (AvgIpc) is 3.36. The Morgan fingerprint density at radius 2 is 0.667 bits per heavy atom. The van der Waals surface area contributed by atoms with Crippen molar-refractivity contribution in [3.8, 4) is 44.5 Å². The minimum absolute atomic E-state index is 1.09. The molecular weight excluding hydrogens is 759 g/mol. The van der Waals surface area contributed by atoms with Crippen molar-refractivity contribution in [3.63, 3.8) is 0 Å². The maximum absolute atomic E-state index is 2.41. The maximum atomic E-state index is 2.41. The van der Waals surface area contributed by atoms with Gasteiger partial charge in [-0.2, -0.15) is 0 Å². The van der Waals surface area contributed by atoms with Crippen molar-refractivity contribution in [2.75, 3.05) is 4.90 Å². The molecule has 1 nitrogen and oxygen atoms in total. The molecule has 0 N–H and O–H groups in total. The first-order chi connectivity index (χ1) is 31.2. The molecule has 0 aromatic heterocycles. The van der Waals surface area contributed by atoms with Crippen LogP contribution in [0.15, 0.2) is 249 Å². The van der Waals surface area contributed by atoms with Crippen molar-refractivity contribution in [3.05, 3.63) is 249 Å². The molecule has 63 heavy (non-hydrogen) atoms. The highest BCUT2D eigenvalue weighted by molar-refractivity contribution is 6.22. The Hall–Kier alpha value is -8.26. The van der Waals surface area contributed by atoms with Gasteiger partial charge < -0.3 is 4.90 Å². The summed E-state index contributed by atoms with van der Waals surface area (Å²) in [7, 11) is 0. The van der Waals surface area contributed by atoms with Crippen LogP contribution in [-0.2, 0) is 0 Å². The predicted molar refractivity (Wildman–Crippen MR) is 270 cm³/mol. The second-order valence-electron chi connectivity index (χ2n) is 16.4. The van der Waals surface area contributed by atoms with E-state index in [0.717, 1.165) is 17.1 Å². The van der Waals surface area contributed by atoms with Gasteiger partial charge >= 0.3 is 0 Å². The number of hydrogen-bond acceptors (Lipinski definition) is 1. The van der Waals surface area contributed by atoms with E-state index < -0.39 is 0 Å². The minimum Gasteiger partial charge on any atom is -0.310 e. The Balaban J connectivity index is 1.04. The van der Waals surface area contributed by atoms with Gasteiger partial charge in [0.2, 0.25) is 0 Å². The Bertz CT molecular complexity index is 3640. The van der Waals surface area contributed by atoms with Crippen molar-refractivity contribution in [1.82, 2.24) is 0 Å². The molecule has 0 aliphatic rings. The van der Waals surface area contributed by atoms with Crippen molar-refractivity contribution in [2.45, 2.75) is 0 Å². The summed E-state index contributed by atoms with van der Waals surface area (Å²) in [6.45, 7) is 0. The molecule has 0 radical (unpaired) electrons. The number of nitrogens with zero attached hydrogens (tertiary/aromatic N) is 1.